The predicted octanol–water partition coefficient (Wildman–Crippen LogP) is 5.36. The third-order valence-electron chi connectivity index (χ3n) is 2.88. The summed E-state index contributed by atoms with van der Waals surface area (Å²) in [5, 5.41) is 3.00. The SMILES string of the molecule is CC(Nc1cc(Br)ccc1F)c1cccc(OC(F)F)c1. The Hall–Kier alpha value is -1.69. The molecule has 1 N–H and O–H groups in total. The van der Waals surface area contributed by atoms with Crippen LogP contribution in [0, 0.1) is 5.82 Å². The average Bonchev–Trinajstić information content (AvgIpc) is 2.42. The van der Waals surface area contributed by atoms with Crippen molar-refractivity contribution in [2.24, 2.45) is 0 Å². The van der Waals surface area contributed by atoms with E-state index in [2.05, 4.69) is 26.0 Å². The van der Waals surface area contributed by atoms with Crippen molar-refractivity contribution < 1.29 is 17.9 Å². The first-order valence-corrected chi connectivity index (χ1v) is 7.01. The van der Waals surface area contributed by atoms with Crippen LogP contribution >= 0.6 is 15.9 Å². The Balaban J connectivity index is 2.16. The van der Waals surface area contributed by atoms with E-state index in [1.165, 1.54) is 18.2 Å². The summed E-state index contributed by atoms with van der Waals surface area (Å²) in [5.74, 6) is -0.309. The third-order valence-corrected chi connectivity index (χ3v) is 3.38. The van der Waals surface area contributed by atoms with E-state index in [-0.39, 0.29) is 17.6 Å². The number of alkyl halides is 2. The first kappa shape index (κ1) is 15.7. The molecule has 1 unspecified atom stereocenters. The zero-order valence-electron chi connectivity index (χ0n) is 11.1. The second-order valence-electron chi connectivity index (χ2n) is 4.44. The molecule has 0 bridgehead atoms. The summed E-state index contributed by atoms with van der Waals surface area (Å²) >= 11 is 3.27. The van der Waals surface area contributed by atoms with E-state index in [4.69, 9.17) is 0 Å². The lowest BCUT2D eigenvalue weighted by Gasteiger charge is -2.17. The topological polar surface area (TPSA) is 21.3 Å². The first-order valence-electron chi connectivity index (χ1n) is 6.22. The molecule has 21 heavy (non-hydrogen) atoms. The maximum atomic E-state index is 13.7. The molecule has 0 fully saturated rings. The lowest BCUT2D eigenvalue weighted by molar-refractivity contribution is -0.0498. The highest BCUT2D eigenvalue weighted by atomic mass is 79.9. The number of hydrogen-bond acceptors (Lipinski definition) is 2. The van der Waals surface area contributed by atoms with E-state index in [0.717, 1.165) is 4.47 Å². The molecule has 0 spiro atoms. The fourth-order valence-corrected chi connectivity index (χ4v) is 2.25. The van der Waals surface area contributed by atoms with Crippen LogP contribution in [0.4, 0.5) is 18.9 Å². The van der Waals surface area contributed by atoms with Crippen LogP contribution in [0.2, 0.25) is 0 Å². The van der Waals surface area contributed by atoms with Gasteiger partial charge >= 0.3 is 6.61 Å². The lowest BCUT2D eigenvalue weighted by Crippen LogP contribution is -2.09. The number of anilines is 1. The molecule has 0 aromatic heterocycles. The van der Waals surface area contributed by atoms with Gasteiger partial charge in [0.2, 0.25) is 0 Å². The zero-order chi connectivity index (χ0) is 15.4. The highest BCUT2D eigenvalue weighted by Crippen LogP contribution is 2.26. The molecule has 1 atom stereocenters. The molecule has 0 radical (unpaired) electrons. The summed E-state index contributed by atoms with van der Waals surface area (Å²) in [6.45, 7) is -1.06. The number of ether oxygens (including phenoxy) is 1. The van der Waals surface area contributed by atoms with Crippen molar-refractivity contribution in [3.05, 3.63) is 58.3 Å². The van der Waals surface area contributed by atoms with Crippen LogP contribution in [0.3, 0.4) is 0 Å². The minimum atomic E-state index is -2.87. The van der Waals surface area contributed by atoms with Crippen LogP contribution in [-0.4, -0.2) is 6.61 Å². The third kappa shape index (κ3) is 4.39. The number of nitrogens with one attached hydrogen (secondary N) is 1. The van der Waals surface area contributed by atoms with Gasteiger partial charge in [0, 0.05) is 10.5 Å². The van der Waals surface area contributed by atoms with Crippen LogP contribution < -0.4 is 10.1 Å². The maximum absolute atomic E-state index is 13.7. The summed E-state index contributed by atoms with van der Waals surface area (Å²) in [5.41, 5.74) is 1.05. The van der Waals surface area contributed by atoms with Crippen molar-refractivity contribution in [2.45, 2.75) is 19.6 Å². The summed E-state index contributed by atoms with van der Waals surface area (Å²) < 4.78 is 43.2. The Morgan fingerprint density at radius 1 is 1.14 bits per heavy atom. The molecule has 0 aliphatic rings. The average molecular weight is 360 g/mol. The summed E-state index contributed by atoms with van der Waals surface area (Å²) in [6.07, 6.45) is 0. The molecule has 6 heteroatoms. The van der Waals surface area contributed by atoms with E-state index in [1.54, 1.807) is 24.3 Å². The van der Waals surface area contributed by atoms with E-state index in [0.29, 0.717) is 11.3 Å². The molecule has 0 aliphatic carbocycles. The van der Waals surface area contributed by atoms with Gasteiger partial charge in [0.05, 0.1) is 5.69 Å². The maximum Gasteiger partial charge on any atom is 0.387 e. The van der Waals surface area contributed by atoms with Crippen molar-refractivity contribution in [2.75, 3.05) is 5.32 Å². The van der Waals surface area contributed by atoms with Gasteiger partial charge in [-0.15, -0.1) is 0 Å². The van der Waals surface area contributed by atoms with Crippen molar-refractivity contribution in [3.8, 4) is 5.75 Å². The summed E-state index contributed by atoms with van der Waals surface area (Å²) in [7, 11) is 0. The molecule has 2 nitrogen and oxygen atoms in total. The molecular formula is C15H13BrF3NO. The van der Waals surface area contributed by atoms with E-state index < -0.39 is 6.61 Å². The van der Waals surface area contributed by atoms with Gasteiger partial charge in [0.15, 0.2) is 0 Å². The van der Waals surface area contributed by atoms with Crippen LogP contribution in [0.15, 0.2) is 46.9 Å². The van der Waals surface area contributed by atoms with Gasteiger partial charge in [0.1, 0.15) is 11.6 Å². The molecule has 2 rings (SSSR count). The van der Waals surface area contributed by atoms with Crippen LogP contribution in [0.25, 0.3) is 0 Å². The van der Waals surface area contributed by atoms with E-state index >= 15 is 0 Å². The van der Waals surface area contributed by atoms with Crippen LogP contribution in [-0.2, 0) is 0 Å². The van der Waals surface area contributed by atoms with Crippen LogP contribution in [0.5, 0.6) is 5.75 Å². The fourth-order valence-electron chi connectivity index (χ4n) is 1.88. The molecule has 0 amide bonds. The predicted molar refractivity (Wildman–Crippen MR) is 79.2 cm³/mol. The standard InChI is InChI=1S/C15H13BrF3NO/c1-9(20-14-8-11(16)5-6-13(14)17)10-3-2-4-12(7-10)21-15(18)19/h2-9,15,20H,1H3. The van der Waals surface area contributed by atoms with E-state index in [9.17, 15) is 13.2 Å². The highest BCUT2D eigenvalue weighted by molar-refractivity contribution is 9.10. The molecule has 0 heterocycles. The molecule has 112 valence electrons. The largest absolute Gasteiger partial charge is 0.435 e. The van der Waals surface area contributed by atoms with Crippen molar-refractivity contribution in [1.82, 2.24) is 0 Å². The quantitative estimate of drug-likeness (QED) is 0.775. The van der Waals surface area contributed by atoms with Gasteiger partial charge in [-0.2, -0.15) is 8.78 Å². The van der Waals surface area contributed by atoms with Gasteiger partial charge in [-0.05, 0) is 42.8 Å². The smallest absolute Gasteiger partial charge is 0.387 e. The molecular weight excluding hydrogens is 347 g/mol. The Morgan fingerprint density at radius 2 is 1.90 bits per heavy atom. The monoisotopic (exact) mass is 359 g/mol. The molecule has 2 aromatic rings. The fraction of sp³-hybridized carbons (Fsp3) is 0.200. The van der Waals surface area contributed by atoms with Gasteiger partial charge < -0.3 is 10.1 Å². The normalized spacial score (nSPS) is 12.3. The number of benzene rings is 2. The zero-order valence-corrected chi connectivity index (χ0v) is 12.7. The molecule has 0 saturated heterocycles. The molecule has 0 saturated carbocycles. The Kier molecular flexibility index (Phi) is 5.12. The second kappa shape index (κ2) is 6.85. The highest BCUT2D eigenvalue weighted by Gasteiger charge is 2.11. The Bertz CT molecular complexity index is 622. The molecule has 0 aliphatic heterocycles. The van der Waals surface area contributed by atoms with Gasteiger partial charge in [-0.3, -0.25) is 0 Å². The lowest BCUT2D eigenvalue weighted by atomic mass is 10.1. The Morgan fingerprint density at radius 3 is 2.62 bits per heavy atom. The van der Waals surface area contributed by atoms with Gasteiger partial charge in [-0.25, -0.2) is 4.39 Å². The van der Waals surface area contributed by atoms with Crippen LogP contribution in [0.1, 0.15) is 18.5 Å². The summed E-state index contributed by atoms with van der Waals surface area (Å²) in [4.78, 5) is 0. The number of rotatable bonds is 5. The second-order valence-corrected chi connectivity index (χ2v) is 5.36. The van der Waals surface area contributed by atoms with Crippen molar-refractivity contribution >= 4 is 21.6 Å². The van der Waals surface area contributed by atoms with Gasteiger partial charge in [-0.1, -0.05) is 28.1 Å². The van der Waals surface area contributed by atoms with Crippen molar-refractivity contribution in [1.29, 1.82) is 0 Å². The van der Waals surface area contributed by atoms with Crippen molar-refractivity contribution in [3.63, 3.8) is 0 Å². The van der Waals surface area contributed by atoms with E-state index in [1.807, 2.05) is 6.92 Å². The molecule has 2 aromatic carbocycles. The number of hydrogen-bond donors (Lipinski definition) is 1. The number of halogens is 4. The minimum absolute atomic E-state index is 0.0749. The minimum Gasteiger partial charge on any atom is -0.435 e. The summed E-state index contributed by atoms with van der Waals surface area (Å²) in [6, 6.07) is 10.6. The first-order chi connectivity index (χ1) is 9.95. The van der Waals surface area contributed by atoms with Gasteiger partial charge in [0.25, 0.3) is 0 Å². The Labute approximate surface area is 129 Å².